The Morgan fingerprint density at radius 3 is 2.47 bits per heavy atom. The summed E-state index contributed by atoms with van der Waals surface area (Å²) in [7, 11) is 0. The molecular formula is C12H7F3NO. The third-order valence-corrected chi connectivity index (χ3v) is 1.97. The highest BCUT2D eigenvalue weighted by molar-refractivity contribution is 5.29. The molecule has 87 valence electrons. The van der Waals surface area contributed by atoms with Gasteiger partial charge in [0.1, 0.15) is 5.75 Å². The molecule has 0 spiro atoms. The van der Waals surface area contributed by atoms with Crippen molar-refractivity contribution in [1.29, 1.82) is 0 Å². The number of hydrogen-bond donors (Lipinski definition) is 0. The first-order valence-electron chi connectivity index (χ1n) is 4.73. The standard InChI is InChI=1S/C12H7F3NO/c13-12(14,15)9-6-7-16-11(8-9)17-10-4-2-1-3-5-10/h2-8H. The molecular weight excluding hydrogens is 231 g/mol. The van der Waals surface area contributed by atoms with Crippen molar-refractivity contribution in [3.63, 3.8) is 0 Å². The van der Waals surface area contributed by atoms with Crippen LogP contribution in [-0.4, -0.2) is 4.98 Å². The average Bonchev–Trinajstić information content (AvgIpc) is 2.29. The Hall–Kier alpha value is -2.04. The molecule has 0 saturated carbocycles. The molecule has 0 unspecified atom stereocenters. The van der Waals surface area contributed by atoms with Crippen LogP contribution in [0.15, 0.2) is 42.6 Å². The second-order valence-corrected chi connectivity index (χ2v) is 3.22. The Morgan fingerprint density at radius 2 is 1.82 bits per heavy atom. The van der Waals surface area contributed by atoms with Crippen LogP contribution in [-0.2, 0) is 6.18 Å². The van der Waals surface area contributed by atoms with E-state index in [0.717, 1.165) is 18.3 Å². The van der Waals surface area contributed by atoms with Crippen molar-refractivity contribution in [3.05, 3.63) is 54.2 Å². The molecule has 0 aliphatic rings. The van der Waals surface area contributed by atoms with E-state index >= 15 is 0 Å². The smallest absolute Gasteiger partial charge is 0.416 e. The van der Waals surface area contributed by atoms with Gasteiger partial charge in [-0.3, -0.25) is 0 Å². The van der Waals surface area contributed by atoms with Crippen molar-refractivity contribution in [2.24, 2.45) is 0 Å². The predicted octanol–water partition coefficient (Wildman–Crippen LogP) is 3.69. The Bertz CT molecular complexity index is 497. The molecule has 0 aliphatic carbocycles. The summed E-state index contributed by atoms with van der Waals surface area (Å²) in [6, 6.07) is 10.9. The van der Waals surface area contributed by atoms with E-state index in [9.17, 15) is 13.2 Å². The van der Waals surface area contributed by atoms with Crippen LogP contribution >= 0.6 is 0 Å². The first-order chi connectivity index (χ1) is 8.05. The minimum absolute atomic E-state index is 0.0916. The number of pyridine rings is 1. The summed E-state index contributed by atoms with van der Waals surface area (Å²) in [5.74, 6) is 0.321. The highest BCUT2D eigenvalue weighted by atomic mass is 19.4. The SMILES string of the molecule is FC(F)(F)c1ccnc(Oc2cc[c]cc2)c1. The molecule has 0 atom stereocenters. The number of aromatic nitrogens is 1. The largest absolute Gasteiger partial charge is 0.439 e. The Kier molecular flexibility index (Phi) is 2.99. The van der Waals surface area contributed by atoms with Gasteiger partial charge in [0.2, 0.25) is 5.88 Å². The Morgan fingerprint density at radius 1 is 1.12 bits per heavy atom. The molecule has 1 radical (unpaired) electrons. The van der Waals surface area contributed by atoms with E-state index in [-0.39, 0.29) is 5.88 Å². The van der Waals surface area contributed by atoms with Crippen LogP contribution in [0.5, 0.6) is 11.6 Å². The highest BCUT2D eigenvalue weighted by Gasteiger charge is 2.30. The van der Waals surface area contributed by atoms with E-state index in [4.69, 9.17) is 4.74 Å². The van der Waals surface area contributed by atoms with Gasteiger partial charge in [-0.1, -0.05) is 12.1 Å². The first kappa shape index (κ1) is 11.4. The topological polar surface area (TPSA) is 22.1 Å². The zero-order valence-corrected chi connectivity index (χ0v) is 8.53. The van der Waals surface area contributed by atoms with Crippen molar-refractivity contribution in [1.82, 2.24) is 4.98 Å². The normalized spacial score (nSPS) is 11.2. The van der Waals surface area contributed by atoms with Gasteiger partial charge in [-0.15, -0.1) is 0 Å². The van der Waals surface area contributed by atoms with E-state index in [1.54, 1.807) is 24.3 Å². The summed E-state index contributed by atoms with van der Waals surface area (Å²) in [4.78, 5) is 3.72. The lowest BCUT2D eigenvalue weighted by Gasteiger charge is -2.08. The molecule has 1 heterocycles. The lowest BCUT2D eigenvalue weighted by atomic mass is 10.2. The molecule has 0 N–H and O–H groups in total. The third kappa shape index (κ3) is 2.96. The number of halogens is 3. The van der Waals surface area contributed by atoms with E-state index in [1.807, 2.05) is 0 Å². The fourth-order valence-electron chi connectivity index (χ4n) is 1.20. The van der Waals surface area contributed by atoms with Crippen molar-refractivity contribution in [2.45, 2.75) is 6.18 Å². The van der Waals surface area contributed by atoms with Crippen LogP contribution in [0.2, 0.25) is 0 Å². The zero-order chi connectivity index (χ0) is 12.3. The molecule has 0 fully saturated rings. The first-order valence-corrected chi connectivity index (χ1v) is 4.73. The number of rotatable bonds is 2. The fraction of sp³-hybridized carbons (Fsp3) is 0.0833. The van der Waals surface area contributed by atoms with Crippen molar-refractivity contribution in [3.8, 4) is 11.6 Å². The van der Waals surface area contributed by atoms with E-state index in [2.05, 4.69) is 11.1 Å². The molecule has 0 amide bonds. The lowest BCUT2D eigenvalue weighted by Crippen LogP contribution is -2.05. The molecule has 2 aromatic rings. The Balaban J connectivity index is 2.23. The second kappa shape index (κ2) is 4.45. The zero-order valence-electron chi connectivity index (χ0n) is 8.53. The summed E-state index contributed by atoms with van der Waals surface area (Å²) < 4.78 is 42.4. The monoisotopic (exact) mass is 238 g/mol. The van der Waals surface area contributed by atoms with Gasteiger partial charge in [0.15, 0.2) is 0 Å². The summed E-state index contributed by atoms with van der Waals surface area (Å²) in [5.41, 5.74) is -0.787. The maximum Gasteiger partial charge on any atom is 0.416 e. The van der Waals surface area contributed by atoms with Crippen LogP contribution in [0.25, 0.3) is 0 Å². The van der Waals surface area contributed by atoms with Gasteiger partial charge >= 0.3 is 6.18 Å². The molecule has 0 bridgehead atoms. The molecule has 0 aliphatic heterocycles. The maximum atomic E-state index is 12.4. The maximum absolute atomic E-state index is 12.4. The van der Waals surface area contributed by atoms with Crippen LogP contribution in [0.3, 0.4) is 0 Å². The van der Waals surface area contributed by atoms with Gasteiger partial charge in [-0.2, -0.15) is 13.2 Å². The number of ether oxygens (including phenoxy) is 1. The van der Waals surface area contributed by atoms with Crippen molar-refractivity contribution < 1.29 is 17.9 Å². The molecule has 5 heteroatoms. The van der Waals surface area contributed by atoms with Gasteiger partial charge in [-0.25, -0.2) is 4.98 Å². The number of hydrogen-bond acceptors (Lipinski definition) is 2. The molecule has 0 saturated heterocycles. The Labute approximate surface area is 95.7 Å². The molecule has 17 heavy (non-hydrogen) atoms. The van der Waals surface area contributed by atoms with E-state index in [1.165, 1.54) is 0 Å². The summed E-state index contributed by atoms with van der Waals surface area (Å²) >= 11 is 0. The third-order valence-electron chi connectivity index (χ3n) is 1.97. The van der Waals surface area contributed by atoms with Gasteiger partial charge in [-0.05, 0) is 24.3 Å². The van der Waals surface area contributed by atoms with Gasteiger partial charge in [0.25, 0.3) is 0 Å². The van der Waals surface area contributed by atoms with Gasteiger partial charge < -0.3 is 4.74 Å². The van der Waals surface area contributed by atoms with E-state index < -0.39 is 11.7 Å². The second-order valence-electron chi connectivity index (χ2n) is 3.22. The average molecular weight is 238 g/mol. The number of benzene rings is 1. The van der Waals surface area contributed by atoms with Crippen molar-refractivity contribution in [2.75, 3.05) is 0 Å². The molecule has 1 aromatic carbocycles. The minimum atomic E-state index is -4.40. The number of alkyl halides is 3. The van der Waals surface area contributed by atoms with Crippen LogP contribution in [0.1, 0.15) is 5.56 Å². The van der Waals surface area contributed by atoms with Gasteiger partial charge in [0.05, 0.1) is 5.56 Å². The highest BCUT2D eigenvalue weighted by Crippen LogP contribution is 2.31. The van der Waals surface area contributed by atoms with Crippen LogP contribution < -0.4 is 4.74 Å². The molecule has 2 nitrogen and oxygen atoms in total. The summed E-state index contributed by atoms with van der Waals surface area (Å²) in [6.45, 7) is 0. The van der Waals surface area contributed by atoms with Crippen LogP contribution in [0, 0.1) is 6.07 Å². The summed E-state index contributed by atoms with van der Waals surface area (Å²) in [5, 5.41) is 0. The predicted molar refractivity (Wildman–Crippen MR) is 54.6 cm³/mol. The lowest BCUT2D eigenvalue weighted by molar-refractivity contribution is -0.137. The van der Waals surface area contributed by atoms with Crippen LogP contribution in [0.4, 0.5) is 13.2 Å². The molecule has 2 rings (SSSR count). The molecule has 1 aromatic heterocycles. The van der Waals surface area contributed by atoms with Crippen molar-refractivity contribution >= 4 is 0 Å². The minimum Gasteiger partial charge on any atom is -0.439 e. The summed E-state index contributed by atoms with van der Waals surface area (Å²) in [6.07, 6.45) is -3.33. The van der Waals surface area contributed by atoms with Gasteiger partial charge in [0, 0.05) is 12.3 Å². The quantitative estimate of drug-likeness (QED) is 0.795. The van der Waals surface area contributed by atoms with E-state index in [0.29, 0.717) is 5.75 Å². The number of nitrogens with zero attached hydrogens (tertiary/aromatic N) is 1. The fourth-order valence-corrected chi connectivity index (χ4v) is 1.20.